The number of ether oxygens (including phenoxy) is 1. The molecule has 4 aromatic rings. The number of carboxylic acids is 1. The molecule has 0 unspecified atom stereocenters. The Labute approximate surface area is 222 Å². The topological polar surface area (TPSA) is 128 Å². The molecule has 11 heteroatoms. The first-order chi connectivity index (χ1) is 18.2. The lowest BCUT2D eigenvalue weighted by atomic mass is 10.0. The van der Waals surface area contributed by atoms with Gasteiger partial charge in [-0.15, -0.1) is 0 Å². The van der Waals surface area contributed by atoms with Crippen LogP contribution in [0.2, 0.25) is 5.02 Å². The molecule has 3 aromatic carbocycles. The van der Waals surface area contributed by atoms with Crippen molar-refractivity contribution in [1.29, 1.82) is 0 Å². The number of nitrogens with zero attached hydrogens (tertiary/aromatic N) is 2. The molecule has 4 rings (SSSR count). The van der Waals surface area contributed by atoms with Gasteiger partial charge in [-0.25, -0.2) is 14.2 Å². The predicted octanol–water partition coefficient (Wildman–Crippen LogP) is 4.14. The molecule has 38 heavy (non-hydrogen) atoms. The van der Waals surface area contributed by atoms with Crippen LogP contribution in [0, 0.1) is 5.82 Å². The highest BCUT2D eigenvalue weighted by Crippen LogP contribution is 2.29. The Morgan fingerprint density at radius 3 is 2.55 bits per heavy atom. The van der Waals surface area contributed by atoms with Gasteiger partial charge >= 0.3 is 5.97 Å². The summed E-state index contributed by atoms with van der Waals surface area (Å²) in [6.45, 7) is -0.332. The minimum atomic E-state index is -1.75. The van der Waals surface area contributed by atoms with E-state index in [1.807, 2.05) is 12.1 Å². The smallest absolute Gasteiger partial charge is 0.333 e. The average Bonchev–Trinajstić information content (AvgIpc) is 3.41. The molecule has 0 saturated carbocycles. The van der Waals surface area contributed by atoms with E-state index in [1.54, 1.807) is 36.4 Å². The molecule has 0 aliphatic carbocycles. The average molecular weight is 539 g/mol. The fourth-order valence-electron chi connectivity index (χ4n) is 3.80. The summed E-state index contributed by atoms with van der Waals surface area (Å²) in [6.07, 6.45) is -1.75. The molecular formula is C27H24ClFN4O5. The number of hydrogen-bond acceptors (Lipinski definition) is 6. The molecule has 0 spiro atoms. The van der Waals surface area contributed by atoms with E-state index < -0.39 is 23.8 Å². The molecule has 0 aliphatic heterocycles. The summed E-state index contributed by atoms with van der Waals surface area (Å²) in [4.78, 5) is 24.2. The van der Waals surface area contributed by atoms with E-state index in [0.717, 1.165) is 0 Å². The lowest BCUT2D eigenvalue weighted by Crippen LogP contribution is -2.47. The van der Waals surface area contributed by atoms with Gasteiger partial charge in [0.1, 0.15) is 17.3 Å². The Balaban J connectivity index is 1.52. The van der Waals surface area contributed by atoms with E-state index in [2.05, 4.69) is 15.6 Å². The van der Waals surface area contributed by atoms with Crippen LogP contribution in [-0.2, 0) is 11.3 Å². The van der Waals surface area contributed by atoms with Crippen LogP contribution >= 0.6 is 11.6 Å². The van der Waals surface area contributed by atoms with E-state index in [0.29, 0.717) is 38.7 Å². The van der Waals surface area contributed by atoms with Crippen molar-refractivity contribution in [1.82, 2.24) is 20.6 Å². The highest BCUT2D eigenvalue weighted by atomic mass is 35.5. The minimum Gasteiger partial charge on any atom is -0.496 e. The van der Waals surface area contributed by atoms with Gasteiger partial charge in [0.05, 0.1) is 19.3 Å². The number of aromatic amines is 1. The van der Waals surface area contributed by atoms with Gasteiger partial charge < -0.3 is 14.9 Å². The van der Waals surface area contributed by atoms with Gasteiger partial charge in [-0.1, -0.05) is 48.0 Å². The number of aliphatic hydroxyl groups is 1. The van der Waals surface area contributed by atoms with Crippen molar-refractivity contribution in [3.8, 4) is 28.1 Å². The molecule has 0 bridgehead atoms. The number of benzene rings is 3. The number of carboxylic acid groups (broad SMARTS) is 1. The molecule has 1 atom stereocenters. The molecule has 0 fully saturated rings. The van der Waals surface area contributed by atoms with Crippen LogP contribution in [0.4, 0.5) is 4.39 Å². The number of amides is 1. The number of carbonyl (C=O) groups is 2. The quantitative estimate of drug-likeness (QED) is 0.223. The monoisotopic (exact) mass is 538 g/mol. The standard InChI is InChI=1S/C27H24ClFN4O5/c1-38-25-5-3-2-4-19(25)22-13-23(31-30-22)26(35)32-33(15-24(34)27(36)37)14-16-6-8-17(9-7-16)20-12-18(28)10-11-21(20)29/h2-13,24,34H,14-15H2,1H3,(H,30,31)(H,32,35)(H,36,37)/t24-/m1/s1. The van der Waals surface area contributed by atoms with Crippen LogP contribution in [0.25, 0.3) is 22.4 Å². The van der Waals surface area contributed by atoms with Gasteiger partial charge in [0.15, 0.2) is 6.10 Å². The molecule has 1 heterocycles. The summed E-state index contributed by atoms with van der Waals surface area (Å²) >= 11 is 5.99. The maximum absolute atomic E-state index is 14.2. The van der Waals surface area contributed by atoms with E-state index in [1.165, 1.54) is 36.4 Å². The molecule has 0 aliphatic rings. The third kappa shape index (κ3) is 6.35. The second-order valence-corrected chi connectivity index (χ2v) is 8.80. The van der Waals surface area contributed by atoms with E-state index >= 15 is 0 Å². The summed E-state index contributed by atoms with van der Waals surface area (Å²) < 4.78 is 19.6. The first-order valence-electron chi connectivity index (χ1n) is 11.4. The molecule has 196 valence electrons. The van der Waals surface area contributed by atoms with Crippen molar-refractivity contribution >= 4 is 23.5 Å². The van der Waals surface area contributed by atoms with Gasteiger partial charge in [-0.05, 0) is 47.5 Å². The molecule has 1 amide bonds. The van der Waals surface area contributed by atoms with Crippen LogP contribution in [-0.4, -0.2) is 57.1 Å². The van der Waals surface area contributed by atoms with Crippen molar-refractivity contribution in [2.45, 2.75) is 12.6 Å². The van der Waals surface area contributed by atoms with Crippen molar-refractivity contribution in [3.05, 3.63) is 94.9 Å². The molecular weight excluding hydrogens is 515 g/mol. The Morgan fingerprint density at radius 2 is 1.84 bits per heavy atom. The number of halogens is 2. The zero-order valence-corrected chi connectivity index (χ0v) is 20.9. The summed E-state index contributed by atoms with van der Waals surface area (Å²) in [5, 5.41) is 27.6. The van der Waals surface area contributed by atoms with E-state index in [9.17, 15) is 24.2 Å². The van der Waals surface area contributed by atoms with Crippen LogP contribution < -0.4 is 10.2 Å². The number of H-pyrrole nitrogens is 1. The first kappa shape index (κ1) is 26.8. The maximum Gasteiger partial charge on any atom is 0.333 e. The molecule has 1 aromatic heterocycles. The highest BCUT2D eigenvalue weighted by Gasteiger charge is 2.22. The molecule has 9 nitrogen and oxygen atoms in total. The Hall–Kier alpha value is -4.25. The number of carbonyl (C=O) groups excluding carboxylic acids is 1. The molecule has 4 N–H and O–H groups in total. The number of aliphatic hydroxyl groups excluding tert-OH is 1. The number of hydrazine groups is 1. The Bertz CT molecular complexity index is 1440. The third-order valence-electron chi connectivity index (χ3n) is 5.71. The number of hydrogen-bond donors (Lipinski definition) is 4. The zero-order chi connectivity index (χ0) is 27.2. The van der Waals surface area contributed by atoms with Crippen LogP contribution in [0.1, 0.15) is 16.1 Å². The fourth-order valence-corrected chi connectivity index (χ4v) is 3.97. The first-order valence-corrected chi connectivity index (χ1v) is 11.8. The van der Waals surface area contributed by atoms with Crippen molar-refractivity contribution in [3.63, 3.8) is 0 Å². The van der Waals surface area contributed by atoms with Gasteiger partial charge in [0.2, 0.25) is 0 Å². The minimum absolute atomic E-state index is 0.0574. The van der Waals surface area contributed by atoms with Crippen molar-refractivity contribution in [2.24, 2.45) is 0 Å². The SMILES string of the molecule is COc1ccccc1-c1cc(C(=O)NN(Cc2ccc(-c3cc(Cl)ccc3F)cc2)C[C@@H](O)C(=O)O)[nH]n1. The normalized spacial score (nSPS) is 11.8. The lowest BCUT2D eigenvalue weighted by Gasteiger charge is -2.24. The molecule has 0 radical (unpaired) electrons. The maximum atomic E-state index is 14.2. The second kappa shape index (κ2) is 11.9. The Morgan fingerprint density at radius 1 is 1.11 bits per heavy atom. The predicted molar refractivity (Wildman–Crippen MR) is 139 cm³/mol. The van der Waals surface area contributed by atoms with Gasteiger partial charge in [-0.3, -0.25) is 15.3 Å². The third-order valence-corrected chi connectivity index (χ3v) is 5.95. The van der Waals surface area contributed by atoms with Crippen LogP contribution in [0.5, 0.6) is 5.75 Å². The second-order valence-electron chi connectivity index (χ2n) is 8.36. The van der Waals surface area contributed by atoms with Gasteiger partial charge in [-0.2, -0.15) is 5.10 Å². The number of methoxy groups -OCH3 is 1. The van der Waals surface area contributed by atoms with Crippen LogP contribution in [0.3, 0.4) is 0 Å². The van der Waals surface area contributed by atoms with E-state index in [-0.39, 0.29) is 18.8 Å². The fraction of sp³-hybridized carbons (Fsp3) is 0.148. The largest absolute Gasteiger partial charge is 0.496 e. The number of nitrogens with one attached hydrogen (secondary N) is 2. The van der Waals surface area contributed by atoms with Crippen LogP contribution in [0.15, 0.2) is 72.8 Å². The summed E-state index contributed by atoms with van der Waals surface area (Å²) in [6, 6.07) is 19.8. The lowest BCUT2D eigenvalue weighted by molar-refractivity contribution is -0.148. The van der Waals surface area contributed by atoms with Crippen molar-refractivity contribution in [2.75, 3.05) is 13.7 Å². The van der Waals surface area contributed by atoms with Gasteiger partial charge in [0, 0.05) is 22.7 Å². The Kier molecular flexibility index (Phi) is 8.37. The molecule has 0 saturated heterocycles. The number of para-hydroxylation sites is 1. The zero-order valence-electron chi connectivity index (χ0n) is 20.2. The number of aliphatic carboxylic acids is 1. The highest BCUT2D eigenvalue weighted by molar-refractivity contribution is 6.30. The summed E-state index contributed by atoms with van der Waals surface area (Å²) in [5.74, 6) is -1.86. The number of rotatable bonds is 10. The van der Waals surface area contributed by atoms with E-state index in [4.69, 9.17) is 16.3 Å². The van der Waals surface area contributed by atoms with Crippen molar-refractivity contribution < 1.29 is 28.9 Å². The van der Waals surface area contributed by atoms with Gasteiger partial charge in [0.25, 0.3) is 5.91 Å². The number of aromatic nitrogens is 2. The summed E-state index contributed by atoms with van der Waals surface area (Å²) in [7, 11) is 1.53. The summed E-state index contributed by atoms with van der Waals surface area (Å²) in [5.41, 5.74) is 5.50.